The van der Waals surface area contributed by atoms with Gasteiger partial charge in [-0.2, -0.15) is 13.2 Å². The summed E-state index contributed by atoms with van der Waals surface area (Å²) in [5.74, 6) is -0.688. The van der Waals surface area contributed by atoms with Crippen molar-refractivity contribution in [2.75, 3.05) is 7.11 Å². The first-order chi connectivity index (χ1) is 8.67. The summed E-state index contributed by atoms with van der Waals surface area (Å²) in [5.41, 5.74) is -3.57. The molecular formula is C13H13F3O3. The Morgan fingerprint density at radius 3 is 2.37 bits per heavy atom. The minimum atomic E-state index is -4.50. The number of carbonyl (C=O) groups is 1. The summed E-state index contributed by atoms with van der Waals surface area (Å²) in [4.78, 5) is 11.6. The van der Waals surface area contributed by atoms with Crippen LogP contribution in [-0.4, -0.2) is 18.7 Å². The van der Waals surface area contributed by atoms with Crippen molar-refractivity contribution in [2.45, 2.75) is 31.2 Å². The van der Waals surface area contributed by atoms with E-state index in [2.05, 4.69) is 4.74 Å². The van der Waals surface area contributed by atoms with Crippen LogP contribution >= 0.6 is 0 Å². The van der Waals surface area contributed by atoms with E-state index >= 15 is 0 Å². The lowest BCUT2D eigenvalue weighted by atomic mass is 9.86. The van der Waals surface area contributed by atoms with E-state index < -0.39 is 28.9 Å². The lowest BCUT2D eigenvalue weighted by molar-refractivity contribution is -0.146. The van der Waals surface area contributed by atoms with Gasteiger partial charge in [-0.15, -0.1) is 0 Å². The molecule has 0 bridgehead atoms. The first-order valence-electron chi connectivity index (χ1n) is 5.62. The molecule has 1 aliphatic heterocycles. The Kier molecular flexibility index (Phi) is 2.89. The van der Waals surface area contributed by atoms with Gasteiger partial charge in [0, 0.05) is 0 Å². The summed E-state index contributed by atoms with van der Waals surface area (Å²) in [6, 6.07) is 5.07. The van der Waals surface area contributed by atoms with Crippen LogP contribution in [0.3, 0.4) is 0 Å². The van der Waals surface area contributed by atoms with Crippen molar-refractivity contribution >= 4 is 5.97 Å². The predicted octanol–water partition coefficient (Wildman–Crippen LogP) is 2.88. The molecule has 0 radical (unpaired) electrons. The average Bonchev–Trinajstić information content (AvgIpc) is 2.93. The van der Waals surface area contributed by atoms with Crippen LogP contribution in [0.4, 0.5) is 13.2 Å². The van der Waals surface area contributed by atoms with Crippen molar-refractivity contribution in [3.63, 3.8) is 0 Å². The molecule has 1 fully saturated rings. The second-order valence-corrected chi connectivity index (χ2v) is 4.70. The van der Waals surface area contributed by atoms with Gasteiger partial charge in [0.2, 0.25) is 0 Å². The van der Waals surface area contributed by atoms with Gasteiger partial charge in [-0.1, -0.05) is 18.2 Å². The smallest absolute Gasteiger partial charge is 0.416 e. The molecule has 2 rings (SSSR count). The third-order valence-corrected chi connectivity index (χ3v) is 3.60. The minimum absolute atomic E-state index is 0.0598. The zero-order valence-electron chi connectivity index (χ0n) is 10.7. The maximum absolute atomic E-state index is 13.0. The van der Waals surface area contributed by atoms with Crippen molar-refractivity contribution < 1.29 is 27.4 Å². The van der Waals surface area contributed by atoms with Crippen molar-refractivity contribution in [3.05, 3.63) is 35.4 Å². The molecule has 1 saturated heterocycles. The summed E-state index contributed by atoms with van der Waals surface area (Å²) in [5, 5.41) is 0. The van der Waals surface area contributed by atoms with Crippen molar-refractivity contribution in [1.29, 1.82) is 0 Å². The fraction of sp³-hybridized carbons (Fsp3) is 0.462. The SMILES string of the molecule is COC(=O)C1(C)OC1(C)c1ccccc1C(F)(F)F. The van der Waals surface area contributed by atoms with Gasteiger partial charge >= 0.3 is 12.1 Å². The largest absolute Gasteiger partial charge is 0.467 e. The molecule has 1 heterocycles. The van der Waals surface area contributed by atoms with E-state index in [1.807, 2.05) is 0 Å². The molecule has 6 heteroatoms. The molecule has 1 aliphatic rings. The van der Waals surface area contributed by atoms with E-state index in [1.54, 1.807) is 0 Å². The summed E-state index contributed by atoms with van der Waals surface area (Å²) in [6.45, 7) is 2.88. The maximum Gasteiger partial charge on any atom is 0.416 e. The number of benzene rings is 1. The number of esters is 1. The van der Waals surface area contributed by atoms with Gasteiger partial charge in [0.1, 0.15) is 5.60 Å². The molecule has 2 unspecified atom stereocenters. The van der Waals surface area contributed by atoms with Crippen molar-refractivity contribution in [1.82, 2.24) is 0 Å². The fourth-order valence-corrected chi connectivity index (χ4v) is 2.27. The molecule has 0 aromatic heterocycles. The van der Waals surface area contributed by atoms with Crippen LogP contribution in [-0.2, 0) is 26.0 Å². The Morgan fingerprint density at radius 1 is 1.26 bits per heavy atom. The van der Waals surface area contributed by atoms with Gasteiger partial charge in [-0.05, 0) is 25.5 Å². The number of hydrogen-bond donors (Lipinski definition) is 0. The molecule has 0 amide bonds. The van der Waals surface area contributed by atoms with Crippen LogP contribution < -0.4 is 0 Å². The highest BCUT2D eigenvalue weighted by atomic mass is 19.4. The van der Waals surface area contributed by atoms with Crippen LogP contribution in [0.5, 0.6) is 0 Å². The Labute approximate surface area is 108 Å². The summed E-state index contributed by atoms with van der Waals surface area (Å²) < 4.78 is 48.8. The van der Waals surface area contributed by atoms with Crippen molar-refractivity contribution in [2.24, 2.45) is 0 Å². The van der Waals surface area contributed by atoms with E-state index in [0.717, 1.165) is 6.07 Å². The predicted molar refractivity (Wildman–Crippen MR) is 60.3 cm³/mol. The Morgan fingerprint density at radius 2 is 1.84 bits per heavy atom. The summed E-state index contributed by atoms with van der Waals surface area (Å²) in [6.07, 6.45) is -4.50. The molecule has 19 heavy (non-hydrogen) atoms. The number of rotatable bonds is 2. The molecule has 1 aromatic carbocycles. The topological polar surface area (TPSA) is 38.8 Å². The number of epoxide rings is 1. The summed E-state index contributed by atoms with van der Waals surface area (Å²) >= 11 is 0. The molecule has 0 N–H and O–H groups in total. The van der Waals surface area contributed by atoms with E-state index in [-0.39, 0.29) is 5.56 Å². The second-order valence-electron chi connectivity index (χ2n) is 4.70. The molecule has 0 aliphatic carbocycles. The van der Waals surface area contributed by atoms with Crippen molar-refractivity contribution in [3.8, 4) is 0 Å². The van der Waals surface area contributed by atoms with Gasteiger partial charge in [0.15, 0.2) is 5.60 Å². The molecular weight excluding hydrogens is 261 g/mol. The van der Waals surface area contributed by atoms with Gasteiger partial charge in [-0.25, -0.2) is 4.79 Å². The maximum atomic E-state index is 13.0. The number of ether oxygens (including phenoxy) is 2. The van der Waals surface area contributed by atoms with Gasteiger partial charge in [-0.3, -0.25) is 0 Å². The van der Waals surface area contributed by atoms with Crippen LogP contribution in [0.25, 0.3) is 0 Å². The zero-order valence-corrected chi connectivity index (χ0v) is 10.7. The van der Waals surface area contributed by atoms with Gasteiger partial charge < -0.3 is 9.47 Å². The summed E-state index contributed by atoms with van der Waals surface area (Å²) in [7, 11) is 1.17. The van der Waals surface area contributed by atoms with E-state index in [9.17, 15) is 18.0 Å². The van der Waals surface area contributed by atoms with Crippen LogP contribution in [0.15, 0.2) is 24.3 Å². The highest BCUT2D eigenvalue weighted by Gasteiger charge is 2.71. The third kappa shape index (κ3) is 1.90. The van der Waals surface area contributed by atoms with Crippen LogP contribution in [0, 0.1) is 0 Å². The quantitative estimate of drug-likeness (QED) is 0.615. The van der Waals surface area contributed by atoms with E-state index in [1.165, 1.54) is 39.2 Å². The highest BCUT2D eigenvalue weighted by Crippen LogP contribution is 2.58. The van der Waals surface area contributed by atoms with Gasteiger partial charge in [0.05, 0.1) is 12.7 Å². The number of alkyl halides is 3. The lowest BCUT2D eigenvalue weighted by Crippen LogP contribution is -2.30. The number of carbonyl (C=O) groups excluding carboxylic acids is 1. The second kappa shape index (κ2) is 3.96. The first kappa shape index (κ1) is 13.9. The highest BCUT2D eigenvalue weighted by molar-refractivity contribution is 5.84. The molecule has 1 aromatic rings. The fourth-order valence-electron chi connectivity index (χ4n) is 2.27. The molecule has 0 spiro atoms. The van der Waals surface area contributed by atoms with E-state index in [4.69, 9.17) is 4.74 Å². The monoisotopic (exact) mass is 274 g/mol. The standard InChI is InChI=1S/C13H13F3O3/c1-11(12(2,19-11)10(17)18-3)8-6-4-5-7-9(8)13(14,15)16/h4-7H,1-3H3. The van der Waals surface area contributed by atoms with Crippen LogP contribution in [0.2, 0.25) is 0 Å². The average molecular weight is 274 g/mol. The normalized spacial score (nSPS) is 30.0. The van der Waals surface area contributed by atoms with Gasteiger partial charge in [0.25, 0.3) is 0 Å². The number of methoxy groups -OCH3 is 1. The Balaban J connectivity index is 2.48. The zero-order chi connectivity index (χ0) is 14.5. The Hall–Kier alpha value is -1.56. The molecule has 2 atom stereocenters. The lowest BCUT2D eigenvalue weighted by Gasteiger charge is -2.17. The van der Waals surface area contributed by atoms with E-state index in [0.29, 0.717) is 0 Å². The number of hydrogen-bond acceptors (Lipinski definition) is 3. The molecule has 104 valence electrons. The first-order valence-corrected chi connectivity index (χ1v) is 5.62. The third-order valence-electron chi connectivity index (χ3n) is 3.60. The Bertz CT molecular complexity index is 526. The van der Waals surface area contributed by atoms with Crippen LogP contribution in [0.1, 0.15) is 25.0 Å². The minimum Gasteiger partial charge on any atom is -0.467 e. The molecule has 3 nitrogen and oxygen atoms in total. The molecule has 0 saturated carbocycles. The number of halogens is 3.